The minimum Gasteiger partial charge on any atom is -0.307 e. The number of hydrogen-bond acceptors (Lipinski definition) is 0. The third-order valence-electron chi connectivity index (χ3n) is 8.23. The first-order valence-corrected chi connectivity index (χ1v) is 19.9. The maximum Gasteiger partial charge on any atom is 0.224 e. The van der Waals surface area contributed by atoms with Gasteiger partial charge in [-0.05, 0) is 54.1 Å². The van der Waals surface area contributed by atoms with Gasteiger partial charge in [0.05, 0.1) is 43.5 Å². The van der Waals surface area contributed by atoms with E-state index >= 15 is 0 Å². The molecule has 0 aliphatic carbocycles. The zero-order chi connectivity index (χ0) is 25.2. The summed E-state index contributed by atoms with van der Waals surface area (Å²) >= 11 is 0. The van der Waals surface area contributed by atoms with E-state index in [4.69, 9.17) is 0 Å². The molecule has 0 spiro atoms. The van der Waals surface area contributed by atoms with Gasteiger partial charge in [-0.2, -0.15) is 0 Å². The zero-order valence-electron chi connectivity index (χ0n) is 22.9. The first-order valence-electron chi connectivity index (χ1n) is 12.9. The molecule has 6 aromatic rings. The van der Waals surface area contributed by atoms with Crippen molar-refractivity contribution in [2.75, 3.05) is 0 Å². The summed E-state index contributed by atoms with van der Waals surface area (Å²) in [5, 5.41) is 10.4. The molecule has 0 saturated carbocycles. The molecule has 3 aromatic carbocycles. The molecule has 3 aromatic heterocycles. The van der Waals surface area contributed by atoms with Crippen LogP contribution in [0.15, 0.2) is 42.6 Å². The van der Waals surface area contributed by atoms with Crippen LogP contribution in [0, 0.1) is 20.8 Å². The van der Waals surface area contributed by atoms with Gasteiger partial charge in [-0.15, -0.1) is 0 Å². The van der Waals surface area contributed by atoms with Crippen molar-refractivity contribution in [3.8, 4) is 0 Å². The minimum absolute atomic E-state index is 1.34. The summed E-state index contributed by atoms with van der Waals surface area (Å²) in [4.78, 5) is 0. The van der Waals surface area contributed by atoms with Crippen LogP contribution in [0.25, 0.3) is 49.0 Å². The van der Waals surface area contributed by atoms with Crippen LogP contribution in [-0.2, 0) is 7.05 Å². The molecular formula is C31H37N2Si2+. The molecule has 0 unspecified atom stereocenters. The van der Waals surface area contributed by atoms with Gasteiger partial charge in [0.1, 0.15) is 7.05 Å². The highest BCUT2D eigenvalue weighted by Crippen LogP contribution is 2.42. The largest absolute Gasteiger partial charge is 0.307 e. The first-order chi connectivity index (χ1) is 16.3. The molecule has 3 heterocycles. The second kappa shape index (κ2) is 6.95. The lowest BCUT2D eigenvalue weighted by molar-refractivity contribution is -0.643. The standard InChI is InChI=1S/C31H37N2Si2/c1-18-15-19(2)29-26(20(18)3)30-28-22(25(17-32(30)4)35(8,9)10)16-24(34(5,6)7)27-21-13-11-12-14-23(21)33(29)31(27)28/h11-17H,1-10H3/q+1. The molecular weight excluding hydrogens is 457 g/mol. The van der Waals surface area contributed by atoms with E-state index in [0.717, 1.165) is 0 Å². The summed E-state index contributed by atoms with van der Waals surface area (Å²) in [6.07, 6.45) is 2.48. The third-order valence-corrected chi connectivity index (χ3v) is 12.3. The molecule has 0 atom stereocenters. The number of aryl methyl sites for hydroxylation is 4. The summed E-state index contributed by atoms with van der Waals surface area (Å²) < 4.78 is 5.09. The Morgan fingerprint density at radius 3 is 2.00 bits per heavy atom. The highest BCUT2D eigenvalue weighted by Gasteiger charge is 2.33. The van der Waals surface area contributed by atoms with Gasteiger partial charge in [-0.25, -0.2) is 4.57 Å². The molecule has 4 heteroatoms. The van der Waals surface area contributed by atoms with Crippen molar-refractivity contribution in [2.45, 2.75) is 60.1 Å². The highest BCUT2D eigenvalue weighted by molar-refractivity contribution is 6.92. The molecule has 0 bridgehead atoms. The summed E-state index contributed by atoms with van der Waals surface area (Å²) in [7, 11) is -0.959. The predicted octanol–water partition coefficient (Wildman–Crippen LogP) is 6.83. The van der Waals surface area contributed by atoms with E-state index in [1.165, 1.54) is 65.7 Å². The van der Waals surface area contributed by atoms with Crippen LogP contribution < -0.4 is 14.9 Å². The fourth-order valence-electron chi connectivity index (χ4n) is 6.50. The molecule has 0 aliphatic rings. The van der Waals surface area contributed by atoms with Crippen LogP contribution in [0.5, 0.6) is 0 Å². The van der Waals surface area contributed by atoms with E-state index in [9.17, 15) is 0 Å². The summed E-state index contributed by atoms with van der Waals surface area (Å²) in [5.74, 6) is 0. The van der Waals surface area contributed by atoms with Gasteiger partial charge < -0.3 is 4.40 Å². The van der Waals surface area contributed by atoms with E-state index in [1.807, 2.05) is 0 Å². The number of nitrogens with zero attached hydrogens (tertiary/aromatic N) is 2. The van der Waals surface area contributed by atoms with Crippen LogP contribution in [0.3, 0.4) is 0 Å². The van der Waals surface area contributed by atoms with E-state index in [0.29, 0.717) is 0 Å². The number of aromatic nitrogens is 2. The maximum absolute atomic E-state index is 2.63. The van der Waals surface area contributed by atoms with Gasteiger partial charge in [0.2, 0.25) is 5.52 Å². The van der Waals surface area contributed by atoms with Crippen LogP contribution >= 0.6 is 0 Å². The molecule has 0 N–H and O–H groups in total. The van der Waals surface area contributed by atoms with Crippen LogP contribution in [0.1, 0.15) is 16.7 Å². The summed E-state index contributed by atoms with van der Waals surface area (Å²) in [5.41, 5.74) is 9.67. The molecule has 0 fully saturated rings. The van der Waals surface area contributed by atoms with Crippen molar-refractivity contribution in [1.82, 2.24) is 4.40 Å². The molecule has 178 valence electrons. The van der Waals surface area contributed by atoms with Crippen molar-refractivity contribution in [3.63, 3.8) is 0 Å². The lowest BCUT2D eigenvalue weighted by Gasteiger charge is -2.25. The van der Waals surface area contributed by atoms with E-state index in [1.54, 1.807) is 10.4 Å². The van der Waals surface area contributed by atoms with Crippen LogP contribution in [0.2, 0.25) is 39.3 Å². The predicted molar refractivity (Wildman–Crippen MR) is 160 cm³/mol. The number of para-hydroxylation sites is 1. The molecule has 0 saturated heterocycles. The monoisotopic (exact) mass is 493 g/mol. The average Bonchev–Trinajstić information content (AvgIpc) is 3.10. The molecule has 0 aliphatic heterocycles. The minimum atomic E-state index is -1.64. The lowest BCUT2D eigenvalue weighted by atomic mass is 9.95. The Morgan fingerprint density at radius 2 is 1.34 bits per heavy atom. The van der Waals surface area contributed by atoms with Crippen LogP contribution in [-0.4, -0.2) is 20.5 Å². The number of hydrogen-bond donors (Lipinski definition) is 0. The van der Waals surface area contributed by atoms with Gasteiger partial charge in [-0.1, -0.05) is 69.6 Å². The Labute approximate surface area is 210 Å². The van der Waals surface area contributed by atoms with Crippen molar-refractivity contribution >= 4 is 75.5 Å². The topological polar surface area (TPSA) is 8.29 Å². The van der Waals surface area contributed by atoms with Gasteiger partial charge in [-0.3, -0.25) is 0 Å². The first kappa shape index (κ1) is 22.7. The van der Waals surface area contributed by atoms with Crippen molar-refractivity contribution in [2.24, 2.45) is 7.05 Å². The lowest BCUT2D eigenvalue weighted by Crippen LogP contribution is -2.46. The van der Waals surface area contributed by atoms with Gasteiger partial charge in [0.25, 0.3) is 0 Å². The molecule has 35 heavy (non-hydrogen) atoms. The second-order valence-electron chi connectivity index (χ2n) is 12.8. The number of pyridine rings is 2. The van der Waals surface area contributed by atoms with Crippen molar-refractivity contribution in [1.29, 1.82) is 0 Å². The van der Waals surface area contributed by atoms with E-state index in [-0.39, 0.29) is 0 Å². The molecule has 0 amide bonds. The van der Waals surface area contributed by atoms with Gasteiger partial charge in [0, 0.05) is 16.0 Å². The Balaban J connectivity index is 2.14. The number of fused-ring (bicyclic) bond motifs is 6. The molecule has 2 nitrogen and oxygen atoms in total. The summed E-state index contributed by atoms with van der Waals surface area (Å²) in [6.45, 7) is 21.9. The Morgan fingerprint density at radius 1 is 0.686 bits per heavy atom. The maximum atomic E-state index is 2.63. The fourth-order valence-corrected chi connectivity index (χ4v) is 9.66. The van der Waals surface area contributed by atoms with Crippen molar-refractivity contribution < 1.29 is 4.57 Å². The SMILES string of the molecule is Cc1cc(C)c2c(c1C)c1c3c(cc([Si](C)(C)C)c4c5ccccc5n2c43)c([Si](C)(C)C)c[n+]1C. The molecule has 6 rings (SSSR count). The number of rotatable bonds is 2. The second-order valence-corrected chi connectivity index (χ2v) is 22.9. The quantitative estimate of drug-likeness (QED) is 0.108. The zero-order valence-corrected chi connectivity index (χ0v) is 24.9. The third kappa shape index (κ3) is 2.90. The van der Waals surface area contributed by atoms with Crippen molar-refractivity contribution in [3.05, 3.63) is 59.3 Å². The van der Waals surface area contributed by atoms with Gasteiger partial charge >= 0.3 is 0 Å². The normalized spacial score (nSPS) is 13.4. The Hall–Kier alpha value is -2.70. The van der Waals surface area contributed by atoms with Crippen LogP contribution in [0.4, 0.5) is 0 Å². The van der Waals surface area contributed by atoms with E-state index in [2.05, 4.69) is 119 Å². The summed E-state index contributed by atoms with van der Waals surface area (Å²) in [6, 6.07) is 14.1. The Bertz CT molecular complexity index is 1840. The molecule has 0 radical (unpaired) electrons. The average molecular weight is 494 g/mol. The Kier molecular flexibility index (Phi) is 4.52. The fraction of sp³-hybridized carbons (Fsp3) is 0.323. The highest BCUT2D eigenvalue weighted by atomic mass is 28.3. The van der Waals surface area contributed by atoms with Gasteiger partial charge in [0.15, 0.2) is 6.20 Å². The number of benzene rings is 3. The smallest absolute Gasteiger partial charge is 0.224 e. The van der Waals surface area contributed by atoms with E-state index < -0.39 is 16.1 Å².